The number of fused-ring (bicyclic) bond motifs is 1. The van der Waals surface area contributed by atoms with Crippen LogP contribution in [0.25, 0.3) is 22.8 Å². The highest BCUT2D eigenvalue weighted by atomic mass is 16.1. The van der Waals surface area contributed by atoms with Gasteiger partial charge in [0.1, 0.15) is 5.82 Å². The molecule has 1 amide bonds. The molecule has 2 N–H and O–H groups in total. The molecule has 6 nitrogen and oxygen atoms in total. The number of H-pyrrole nitrogens is 1. The molecule has 0 saturated carbocycles. The van der Waals surface area contributed by atoms with E-state index in [4.69, 9.17) is 0 Å². The standard InChI is InChI=1S/C21H19N5O/c1-15(21-24-18-9-5-6-10-19(18)25-21)23-20(27)12-11-16-13-22-26(14-16)17-7-3-2-4-8-17/h2-15H,1H3,(H,23,27)(H,24,25). The summed E-state index contributed by atoms with van der Waals surface area (Å²) in [4.78, 5) is 20.0. The molecule has 0 radical (unpaired) electrons. The van der Waals surface area contributed by atoms with E-state index in [1.54, 1.807) is 17.0 Å². The Hall–Kier alpha value is -3.67. The number of aromatic nitrogens is 4. The summed E-state index contributed by atoms with van der Waals surface area (Å²) < 4.78 is 1.77. The van der Waals surface area contributed by atoms with Crippen LogP contribution in [0.5, 0.6) is 0 Å². The molecule has 4 rings (SSSR count). The van der Waals surface area contributed by atoms with Crippen LogP contribution < -0.4 is 5.32 Å². The van der Waals surface area contributed by atoms with Crippen molar-refractivity contribution in [3.05, 3.63) is 84.5 Å². The van der Waals surface area contributed by atoms with Crippen molar-refractivity contribution < 1.29 is 4.79 Å². The Kier molecular flexibility index (Phi) is 4.53. The number of carbonyl (C=O) groups is 1. The van der Waals surface area contributed by atoms with E-state index in [1.165, 1.54) is 6.08 Å². The third-order valence-electron chi connectivity index (χ3n) is 4.23. The SMILES string of the molecule is CC(NC(=O)C=Cc1cnn(-c2ccccc2)c1)c1nc2ccccc2[nH]1. The van der Waals surface area contributed by atoms with Crippen LogP contribution in [0.15, 0.2) is 73.1 Å². The monoisotopic (exact) mass is 357 g/mol. The molecule has 0 fully saturated rings. The van der Waals surface area contributed by atoms with Crippen molar-refractivity contribution in [1.82, 2.24) is 25.1 Å². The zero-order valence-electron chi connectivity index (χ0n) is 14.8. The van der Waals surface area contributed by atoms with Gasteiger partial charge < -0.3 is 10.3 Å². The summed E-state index contributed by atoms with van der Waals surface area (Å²) in [6.07, 6.45) is 6.85. The first-order valence-electron chi connectivity index (χ1n) is 8.72. The van der Waals surface area contributed by atoms with Crippen LogP contribution in [-0.4, -0.2) is 25.7 Å². The maximum absolute atomic E-state index is 12.2. The smallest absolute Gasteiger partial charge is 0.244 e. The van der Waals surface area contributed by atoms with Gasteiger partial charge in [-0.25, -0.2) is 9.67 Å². The zero-order valence-corrected chi connectivity index (χ0v) is 14.8. The third-order valence-corrected chi connectivity index (χ3v) is 4.23. The van der Waals surface area contributed by atoms with Crippen LogP contribution in [0.4, 0.5) is 0 Å². The number of benzene rings is 2. The van der Waals surface area contributed by atoms with Gasteiger partial charge in [-0.3, -0.25) is 4.79 Å². The first kappa shape index (κ1) is 16.8. The fourth-order valence-corrected chi connectivity index (χ4v) is 2.82. The second-order valence-electron chi connectivity index (χ2n) is 6.26. The number of imidazole rings is 1. The van der Waals surface area contributed by atoms with E-state index in [9.17, 15) is 4.79 Å². The minimum absolute atomic E-state index is 0.185. The Bertz CT molecular complexity index is 1060. The fraction of sp³-hybridized carbons (Fsp3) is 0.0952. The number of hydrogen-bond acceptors (Lipinski definition) is 3. The first-order valence-corrected chi connectivity index (χ1v) is 8.72. The number of aromatic amines is 1. The minimum Gasteiger partial charge on any atom is -0.343 e. The topological polar surface area (TPSA) is 75.6 Å². The predicted molar refractivity (Wildman–Crippen MR) is 105 cm³/mol. The second-order valence-corrected chi connectivity index (χ2v) is 6.26. The van der Waals surface area contributed by atoms with Crippen molar-refractivity contribution in [2.24, 2.45) is 0 Å². The molecule has 2 aromatic carbocycles. The van der Waals surface area contributed by atoms with Gasteiger partial charge in [0.15, 0.2) is 0 Å². The molecule has 0 aliphatic carbocycles. The molecule has 1 atom stereocenters. The van der Waals surface area contributed by atoms with E-state index in [2.05, 4.69) is 20.4 Å². The van der Waals surface area contributed by atoms with Crippen molar-refractivity contribution in [2.45, 2.75) is 13.0 Å². The Labute approximate surface area is 156 Å². The Balaban J connectivity index is 1.41. The van der Waals surface area contributed by atoms with Gasteiger partial charge in [0.2, 0.25) is 5.91 Å². The van der Waals surface area contributed by atoms with E-state index >= 15 is 0 Å². The van der Waals surface area contributed by atoms with Crippen LogP contribution in [0.3, 0.4) is 0 Å². The number of nitrogens with one attached hydrogen (secondary N) is 2. The summed E-state index contributed by atoms with van der Waals surface area (Å²) in [5.74, 6) is 0.547. The summed E-state index contributed by atoms with van der Waals surface area (Å²) in [7, 11) is 0. The highest BCUT2D eigenvalue weighted by Crippen LogP contribution is 2.15. The van der Waals surface area contributed by atoms with E-state index < -0.39 is 0 Å². The lowest BCUT2D eigenvalue weighted by Crippen LogP contribution is -2.25. The van der Waals surface area contributed by atoms with Gasteiger partial charge in [0, 0.05) is 17.8 Å². The summed E-state index contributed by atoms with van der Waals surface area (Å²) in [5.41, 5.74) is 3.67. The quantitative estimate of drug-likeness (QED) is 0.536. The van der Waals surface area contributed by atoms with Crippen molar-refractivity contribution in [2.75, 3.05) is 0 Å². The number of carbonyl (C=O) groups excluding carboxylic acids is 1. The van der Waals surface area contributed by atoms with Crippen molar-refractivity contribution >= 4 is 23.0 Å². The minimum atomic E-state index is -0.221. The van der Waals surface area contributed by atoms with Gasteiger partial charge in [0.25, 0.3) is 0 Å². The van der Waals surface area contributed by atoms with Crippen molar-refractivity contribution in [3.8, 4) is 5.69 Å². The van der Waals surface area contributed by atoms with Crippen LogP contribution in [0.2, 0.25) is 0 Å². The van der Waals surface area contributed by atoms with E-state index in [1.807, 2.05) is 67.7 Å². The van der Waals surface area contributed by atoms with Crippen LogP contribution in [0.1, 0.15) is 24.4 Å². The summed E-state index contributed by atoms with van der Waals surface area (Å²) in [6.45, 7) is 1.90. The highest BCUT2D eigenvalue weighted by Gasteiger charge is 2.12. The maximum Gasteiger partial charge on any atom is 0.244 e. The normalized spacial score (nSPS) is 12.5. The molecule has 0 saturated heterocycles. The lowest BCUT2D eigenvalue weighted by Gasteiger charge is -2.08. The fourth-order valence-electron chi connectivity index (χ4n) is 2.82. The van der Waals surface area contributed by atoms with Crippen molar-refractivity contribution in [1.29, 1.82) is 0 Å². The highest BCUT2D eigenvalue weighted by molar-refractivity contribution is 5.91. The molecule has 0 bridgehead atoms. The molecule has 2 aromatic heterocycles. The van der Waals surface area contributed by atoms with Crippen LogP contribution >= 0.6 is 0 Å². The first-order chi connectivity index (χ1) is 13.2. The van der Waals surface area contributed by atoms with E-state index in [0.717, 1.165) is 28.1 Å². The summed E-state index contributed by atoms with van der Waals surface area (Å²) in [5, 5.41) is 7.24. The van der Waals surface area contributed by atoms with Gasteiger partial charge in [0.05, 0.1) is 29.0 Å². The van der Waals surface area contributed by atoms with E-state index in [0.29, 0.717) is 0 Å². The van der Waals surface area contributed by atoms with Crippen LogP contribution in [0, 0.1) is 0 Å². The van der Waals surface area contributed by atoms with Gasteiger partial charge >= 0.3 is 0 Å². The Morgan fingerprint density at radius 1 is 1.15 bits per heavy atom. The molecular formula is C21H19N5O. The molecule has 0 spiro atoms. The number of para-hydroxylation sites is 3. The average Bonchev–Trinajstić information content (AvgIpc) is 3.34. The molecular weight excluding hydrogens is 338 g/mol. The molecule has 134 valence electrons. The summed E-state index contributed by atoms with van der Waals surface area (Å²) >= 11 is 0. The number of amides is 1. The van der Waals surface area contributed by atoms with Gasteiger partial charge in [-0.05, 0) is 37.3 Å². The summed E-state index contributed by atoms with van der Waals surface area (Å²) in [6, 6.07) is 17.4. The molecule has 0 aliphatic rings. The largest absolute Gasteiger partial charge is 0.343 e. The second kappa shape index (κ2) is 7.29. The maximum atomic E-state index is 12.2. The number of hydrogen-bond donors (Lipinski definition) is 2. The van der Waals surface area contributed by atoms with Gasteiger partial charge in [-0.1, -0.05) is 30.3 Å². The number of rotatable bonds is 5. The van der Waals surface area contributed by atoms with Gasteiger partial charge in [-0.2, -0.15) is 5.10 Å². The van der Waals surface area contributed by atoms with Crippen LogP contribution in [-0.2, 0) is 4.79 Å². The third kappa shape index (κ3) is 3.79. The van der Waals surface area contributed by atoms with Gasteiger partial charge in [-0.15, -0.1) is 0 Å². The molecule has 2 heterocycles. The molecule has 6 heteroatoms. The molecule has 1 unspecified atom stereocenters. The number of nitrogens with zero attached hydrogens (tertiary/aromatic N) is 3. The van der Waals surface area contributed by atoms with Crippen molar-refractivity contribution in [3.63, 3.8) is 0 Å². The lowest BCUT2D eigenvalue weighted by atomic mass is 10.3. The lowest BCUT2D eigenvalue weighted by molar-refractivity contribution is -0.117. The molecule has 4 aromatic rings. The Morgan fingerprint density at radius 2 is 1.93 bits per heavy atom. The molecule has 0 aliphatic heterocycles. The predicted octanol–water partition coefficient (Wildman–Crippen LogP) is 3.64. The Morgan fingerprint density at radius 3 is 2.74 bits per heavy atom. The average molecular weight is 357 g/mol. The van der Waals surface area contributed by atoms with E-state index in [-0.39, 0.29) is 11.9 Å². The molecule has 27 heavy (non-hydrogen) atoms. The zero-order chi connectivity index (χ0) is 18.6.